The number of hydrogen-bond donors (Lipinski definition) is 2. The Bertz CT molecular complexity index is 668. The summed E-state index contributed by atoms with van der Waals surface area (Å²) >= 11 is 1.65. The van der Waals surface area contributed by atoms with E-state index in [0.717, 1.165) is 24.1 Å². The Morgan fingerprint density at radius 2 is 2.04 bits per heavy atom. The van der Waals surface area contributed by atoms with Crippen LogP contribution in [0.2, 0.25) is 0 Å². The van der Waals surface area contributed by atoms with Crippen molar-refractivity contribution in [2.75, 3.05) is 5.32 Å². The highest BCUT2D eigenvalue weighted by Crippen LogP contribution is 2.13. The molecule has 1 heterocycles. The predicted octanol–water partition coefficient (Wildman–Crippen LogP) is 3.98. The Hall–Kier alpha value is -2.14. The number of rotatable bonds is 8. The molecular formula is C19H24N2O2S. The minimum atomic E-state index is -0.00883. The van der Waals surface area contributed by atoms with Gasteiger partial charge in [-0.25, -0.2) is 0 Å². The van der Waals surface area contributed by atoms with E-state index in [9.17, 15) is 9.59 Å². The van der Waals surface area contributed by atoms with E-state index in [1.807, 2.05) is 49.6 Å². The molecule has 128 valence electrons. The molecule has 0 unspecified atom stereocenters. The lowest BCUT2D eigenvalue weighted by atomic mass is 10.1. The summed E-state index contributed by atoms with van der Waals surface area (Å²) in [6.07, 6.45) is 2.06. The third kappa shape index (κ3) is 5.81. The van der Waals surface area contributed by atoms with E-state index in [-0.39, 0.29) is 17.7 Å². The molecule has 0 bridgehead atoms. The molecule has 0 spiro atoms. The fraction of sp³-hybridized carbons (Fsp3) is 0.368. The van der Waals surface area contributed by atoms with Crippen LogP contribution in [0, 0.1) is 5.92 Å². The highest BCUT2D eigenvalue weighted by Gasteiger charge is 2.10. The molecule has 1 atom stereocenters. The van der Waals surface area contributed by atoms with E-state index in [1.54, 1.807) is 11.3 Å². The Morgan fingerprint density at radius 1 is 1.21 bits per heavy atom. The molecule has 0 aliphatic carbocycles. The molecule has 1 aromatic heterocycles. The maximum Gasteiger partial charge on any atom is 0.227 e. The molecular weight excluding hydrogens is 320 g/mol. The summed E-state index contributed by atoms with van der Waals surface area (Å²) in [5.74, 6) is 0.0511. The van der Waals surface area contributed by atoms with Crippen molar-refractivity contribution in [1.29, 1.82) is 0 Å². The second-order valence-corrected chi connectivity index (χ2v) is 6.69. The van der Waals surface area contributed by atoms with Crippen molar-refractivity contribution in [3.63, 3.8) is 0 Å². The highest BCUT2D eigenvalue weighted by atomic mass is 32.1. The molecule has 2 aromatic rings. The highest BCUT2D eigenvalue weighted by molar-refractivity contribution is 7.07. The summed E-state index contributed by atoms with van der Waals surface area (Å²) < 4.78 is 0. The summed E-state index contributed by atoms with van der Waals surface area (Å²) in [5, 5.41) is 9.93. The molecule has 2 amide bonds. The number of nitrogens with one attached hydrogen (secondary N) is 2. The number of amides is 2. The summed E-state index contributed by atoms with van der Waals surface area (Å²) in [6, 6.07) is 9.64. The molecule has 2 N–H and O–H groups in total. The van der Waals surface area contributed by atoms with Crippen molar-refractivity contribution in [3.05, 3.63) is 52.2 Å². The minimum Gasteiger partial charge on any atom is -0.352 e. The van der Waals surface area contributed by atoms with Crippen LogP contribution in [0.3, 0.4) is 0 Å². The number of benzene rings is 1. The van der Waals surface area contributed by atoms with Crippen molar-refractivity contribution in [2.24, 2.45) is 5.92 Å². The Labute approximate surface area is 147 Å². The fourth-order valence-corrected chi connectivity index (χ4v) is 2.89. The van der Waals surface area contributed by atoms with Gasteiger partial charge in [0.25, 0.3) is 0 Å². The van der Waals surface area contributed by atoms with Crippen LogP contribution in [-0.2, 0) is 22.6 Å². The van der Waals surface area contributed by atoms with Crippen LogP contribution in [0.4, 0.5) is 5.69 Å². The molecule has 0 aliphatic heterocycles. The molecule has 0 saturated heterocycles. The van der Waals surface area contributed by atoms with Gasteiger partial charge in [0.15, 0.2) is 0 Å². The number of carbonyl (C=O) groups is 2. The SMILES string of the molecule is CC[C@H](C)C(=O)Nc1cccc(CNC(=O)CCc2ccsc2)c1. The monoisotopic (exact) mass is 344 g/mol. The maximum atomic E-state index is 11.9. The van der Waals surface area contributed by atoms with Gasteiger partial charge in [0.2, 0.25) is 11.8 Å². The van der Waals surface area contributed by atoms with E-state index in [4.69, 9.17) is 0 Å². The molecule has 0 aliphatic rings. The molecule has 0 fully saturated rings. The van der Waals surface area contributed by atoms with Crippen LogP contribution >= 0.6 is 11.3 Å². The van der Waals surface area contributed by atoms with Crippen LogP contribution in [0.5, 0.6) is 0 Å². The van der Waals surface area contributed by atoms with E-state index >= 15 is 0 Å². The lowest BCUT2D eigenvalue weighted by Crippen LogP contribution is -2.23. The number of anilines is 1. The molecule has 24 heavy (non-hydrogen) atoms. The zero-order valence-electron chi connectivity index (χ0n) is 14.2. The van der Waals surface area contributed by atoms with E-state index in [1.165, 1.54) is 5.56 Å². The molecule has 0 saturated carbocycles. The number of carbonyl (C=O) groups excluding carboxylic acids is 2. The topological polar surface area (TPSA) is 58.2 Å². The predicted molar refractivity (Wildman–Crippen MR) is 99.0 cm³/mol. The zero-order valence-corrected chi connectivity index (χ0v) is 15.0. The van der Waals surface area contributed by atoms with E-state index < -0.39 is 0 Å². The standard InChI is InChI=1S/C19H24N2O2S/c1-3-14(2)19(23)21-17-6-4-5-16(11-17)12-20-18(22)8-7-15-9-10-24-13-15/h4-6,9-11,13-14H,3,7-8,12H2,1-2H3,(H,20,22)(H,21,23)/t14-/m0/s1. The first kappa shape index (κ1) is 18.2. The van der Waals surface area contributed by atoms with Gasteiger partial charge >= 0.3 is 0 Å². The molecule has 4 nitrogen and oxygen atoms in total. The largest absolute Gasteiger partial charge is 0.352 e. The lowest BCUT2D eigenvalue weighted by Gasteiger charge is -2.11. The van der Waals surface area contributed by atoms with Crippen molar-refractivity contribution < 1.29 is 9.59 Å². The first-order valence-corrected chi connectivity index (χ1v) is 9.20. The van der Waals surface area contributed by atoms with Crippen LogP contribution in [-0.4, -0.2) is 11.8 Å². The summed E-state index contributed by atoms with van der Waals surface area (Å²) in [5.41, 5.74) is 2.94. The van der Waals surface area contributed by atoms with Crippen LogP contribution in [0.25, 0.3) is 0 Å². The van der Waals surface area contributed by atoms with Crippen molar-refractivity contribution >= 4 is 28.8 Å². The van der Waals surface area contributed by atoms with Gasteiger partial charge in [0.05, 0.1) is 0 Å². The molecule has 2 rings (SSSR count). The van der Waals surface area contributed by atoms with Crippen molar-refractivity contribution in [3.8, 4) is 0 Å². The summed E-state index contributed by atoms with van der Waals surface area (Å²) in [6.45, 7) is 4.37. The van der Waals surface area contributed by atoms with Crippen molar-refractivity contribution in [2.45, 2.75) is 39.7 Å². The molecule has 0 radical (unpaired) electrons. The number of thiophene rings is 1. The Balaban J connectivity index is 1.81. The summed E-state index contributed by atoms with van der Waals surface area (Å²) in [7, 11) is 0. The smallest absolute Gasteiger partial charge is 0.227 e. The van der Waals surface area contributed by atoms with E-state index in [0.29, 0.717) is 13.0 Å². The average molecular weight is 344 g/mol. The third-order valence-electron chi connectivity index (χ3n) is 3.96. The first-order valence-electron chi connectivity index (χ1n) is 8.26. The van der Waals surface area contributed by atoms with Gasteiger partial charge in [0.1, 0.15) is 0 Å². The van der Waals surface area contributed by atoms with Crippen LogP contribution in [0.15, 0.2) is 41.1 Å². The molecule has 1 aromatic carbocycles. The maximum absolute atomic E-state index is 11.9. The first-order chi connectivity index (χ1) is 11.6. The summed E-state index contributed by atoms with van der Waals surface area (Å²) in [4.78, 5) is 23.9. The van der Waals surface area contributed by atoms with Gasteiger partial charge in [-0.2, -0.15) is 11.3 Å². The fourth-order valence-electron chi connectivity index (χ4n) is 2.19. The van der Waals surface area contributed by atoms with Gasteiger partial charge in [-0.15, -0.1) is 0 Å². The van der Waals surface area contributed by atoms with Gasteiger partial charge in [-0.3, -0.25) is 9.59 Å². The Morgan fingerprint density at radius 3 is 2.75 bits per heavy atom. The van der Waals surface area contributed by atoms with Crippen LogP contribution < -0.4 is 10.6 Å². The van der Waals surface area contributed by atoms with Gasteiger partial charge < -0.3 is 10.6 Å². The van der Waals surface area contributed by atoms with Gasteiger partial charge in [0, 0.05) is 24.6 Å². The lowest BCUT2D eigenvalue weighted by molar-refractivity contribution is -0.121. The number of hydrogen-bond acceptors (Lipinski definition) is 3. The minimum absolute atomic E-state index is 0.00883. The van der Waals surface area contributed by atoms with Crippen LogP contribution in [0.1, 0.15) is 37.8 Å². The second-order valence-electron chi connectivity index (χ2n) is 5.91. The zero-order chi connectivity index (χ0) is 17.4. The third-order valence-corrected chi connectivity index (χ3v) is 4.70. The van der Waals surface area contributed by atoms with Crippen molar-refractivity contribution in [1.82, 2.24) is 5.32 Å². The quantitative estimate of drug-likeness (QED) is 0.761. The normalized spacial score (nSPS) is 11.8. The average Bonchev–Trinajstić information content (AvgIpc) is 3.11. The van der Waals surface area contributed by atoms with E-state index in [2.05, 4.69) is 16.0 Å². The van der Waals surface area contributed by atoms with Gasteiger partial charge in [-0.1, -0.05) is 26.0 Å². The van der Waals surface area contributed by atoms with Gasteiger partial charge in [-0.05, 0) is 52.9 Å². The second kappa shape index (κ2) is 9.23. The Kier molecular flexibility index (Phi) is 7.00. The molecule has 5 heteroatoms. The number of aryl methyl sites for hydroxylation is 1.